The van der Waals surface area contributed by atoms with Gasteiger partial charge < -0.3 is 11.1 Å². The highest BCUT2D eigenvalue weighted by Gasteiger charge is 2.26. The maximum Gasteiger partial charge on any atom is 0.253 e. The van der Waals surface area contributed by atoms with Crippen LogP contribution in [-0.4, -0.2) is 23.5 Å². The molecule has 0 saturated heterocycles. The molecule has 2 atom stereocenters. The van der Waals surface area contributed by atoms with E-state index in [0.29, 0.717) is 16.5 Å². The fourth-order valence-corrected chi connectivity index (χ4v) is 3.72. The molecule has 0 radical (unpaired) electrons. The Morgan fingerprint density at radius 1 is 1.37 bits per heavy atom. The predicted molar refractivity (Wildman–Crippen MR) is 82.6 cm³/mol. The van der Waals surface area contributed by atoms with Crippen molar-refractivity contribution >= 4 is 23.4 Å². The Balaban J connectivity index is 2.12. The molecule has 2 rings (SSSR count). The number of anilines is 1. The molecule has 1 fully saturated rings. The molecule has 1 aliphatic rings. The summed E-state index contributed by atoms with van der Waals surface area (Å²) in [7, 11) is 0. The van der Waals surface area contributed by atoms with Crippen LogP contribution < -0.4 is 11.1 Å². The van der Waals surface area contributed by atoms with E-state index >= 15 is 0 Å². The van der Waals surface area contributed by atoms with Crippen LogP contribution in [0, 0.1) is 6.92 Å². The van der Waals surface area contributed by atoms with Gasteiger partial charge in [-0.3, -0.25) is 4.79 Å². The number of carbonyl (C=O) groups excluding carboxylic acids is 1. The van der Waals surface area contributed by atoms with Crippen molar-refractivity contribution in [1.82, 2.24) is 5.32 Å². The Bertz CT molecular complexity index is 441. The molecule has 2 unspecified atom stereocenters. The standard InChI is InChI=1S/C15H22N2OS/c1-10-6-5-7-11(16)14(10)15(18)17-12-8-3-4-9-13(12)19-2/h5-7,12-13H,3-4,8-9,16H2,1-2H3,(H,17,18). The molecule has 0 bridgehead atoms. The Hall–Kier alpha value is -1.16. The van der Waals surface area contributed by atoms with Crippen LogP contribution in [0.5, 0.6) is 0 Å². The molecule has 0 aromatic heterocycles. The van der Waals surface area contributed by atoms with Gasteiger partial charge in [-0.25, -0.2) is 0 Å². The van der Waals surface area contributed by atoms with Crippen LogP contribution >= 0.6 is 11.8 Å². The second-order valence-corrected chi connectivity index (χ2v) is 6.25. The number of nitrogens with two attached hydrogens (primary N) is 1. The lowest BCUT2D eigenvalue weighted by Gasteiger charge is -2.31. The van der Waals surface area contributed by atoms with Gasteiger partial charge in [0.25, 0.3) is 5.91 Å². The smallest absolute Gasteiger partial charge is 0.253 e. The van der Waals surface area contributed by atoms with Gasteiger partial charge in [0.05, 0.1) is 5.56 Å². The van der Waals surface area contributed by atoms with Gasteiger partial charge in [-0.15, -0.1) is 0 Å². The average molecular weight is 278 g/mol. The summed E-state index contributed by atoms with van der Waals surface area (Å²) in [4.78, 5) is 12.4. The van der Waals surface area contributed by atoms with Crippen molar-refractivity contribution in [1.29, 1.82) is 0 Å². The zero-order valence-electron chi connectivity index (χ0n) is 11.6. The van der Waals surface area contributed by atoms with E-state index in [1.165, 1.54) is 19.3 Å². The van der Waals surface area contributed by atoms with Crippen molar-refractivity contribution in [3.8, 4) is 0 Å². The van der Waals surface area contributed by atoms with E-state index < -0.39 is 0 Å². The zero-order valence-corrected chi connectivity index (χ0v) is 12.4. The van der Waals surface area contributed by atoms with Gasteiger partial charge in [-0.05, 0) is 37.7 Å². The van der Waals surface area contributed by atoms with Crippen molar-refractivity contribution in [3.05, 3.63) is 29.3 Å². The molecular formula is C15H22N2OS. The summed E-state index contributed by atoms with van der Waals surface area (Å²) in [6, 6.07) is 5.87. The topological polar surface area (TPSA) is 55.1 Å². The number of amides is 1. The Morgan fingerprint density at radius 2 is 2.11 bits per heavy atom. The molecule has 1 aromatic carbocycles. The predicted octanol–water partition coefficient (Wildman–Crippen LogP) is 2.98. The summed E-state index contributed by atoms with van der Waals surface area (Å²) < 4.78 is 0. The molecule has 4 heteroatoms. The first-order valence-electron chi connectivity index (χ1n) is 6.82. The number of nitrogens with one attached hydrogen (secondary N) is 1. The van der Waals surface area contributed by atoms with Crippen LogP contribution in [-0.2, 0) is 0 Å². The largest absolute Gasteiger partial charge is 0.398 e. The number of rotatable bonds is 3. The summed E-state index contributed by atoms with van der Waals surface area (Å²) in [5, 5.41) is 3.71. The Labute approximate surface area is 119 Å². The van der Waals surface area contributed by atoms with Crippen LogP contribution in [0.15, 0.2) is 18.2 Å². The van der Waals surface area contributed by atoms with E-state index in [0.717, 1.165) is 12.0 Å². The molecule has 1 saturated carbocycles. The van der Waals surface area contributed by atoms with Crippen LogP contribution in [0.2, 0.25) is 0 Å². The number of benzene rings is 1. The quantitative estimate of drug-likeness (QED) is 0.836. The lowest BCUT2D eigenvalue weighted by Crippen LogP contribution is -2.44. The third-order valence-corrected chi connectivity index (χ3v) is 5.02. The Kier molecular flexibility index (Phi) is 4.75. The van der Waals surface area contributed by atoms with Crippen molar-refractivity contribution in [2.75, 3.05) is 12.0 Å². The summed E-state index contributed by atoms with van der Waals surface area (Å²) >= 11 is 1.85. The highest BCUT2D eigenvalue weighted by molar-refractivity contribution is 7.99. The van der Waals surface area contributed by atoms with Crippen LogP contribution in [0.1, 0.15) is 41.6 Å². The molecule has 0 heterocycles. The second-order valence-electron chi connectivity index (χ2n) is 5.18. The SMILES string of the molecule is CSC1CCCCC1NC(=O)c1c(C)cccc1N. The number of aryl methyl sites for hydroxylation is 1. The van der Waals surface area contributed by atoms with Crippen molar-refractivity contribution in [2.24, 2.45) is 0 Å². The first-order valence-corrected chi connectivity index (χ1v) is 8.11. The van der Waals surface area contributed by atoms with Crippen molar-refractivity contribution < 1.29 is 4.79 Å². The van der Waals surface area contributed by atoms with E-state index in [2.05, 4.69) is 11.6 Å². The van der Waals surface area contributed by atoms with Crippen molar-refractivity contribution in [2.45, 2.75) is 43.9 Å². The van der Waals surface area contributed by atoms with E-state index in [4.69, 9.17) is 5.73 Å². The van der Waals surface area contributed by atoms with Crippen molar-refractivity contribution in [3.63, 3.8) is 0 Å². The Morgan fingerprint density at radius 3 is 2.79 bits per heavy atom. The first kappa shape index (κ1) is 14.3. The first-order chi connectivity index (χ1) is 9.13. The third-order valence-electron chi connectivity index (χ3n) is 3.85. The van der Waals surface area contributed by atoms with E-state index in [9.17, 15) is 4.79 Å². The summed E-state index contributed by atoms with van der Waals surface area (Å²) in [6.45, 7) is 1.93. The van der Waals surface area contributed by atoms with Crippen LogP contribution in [0.4, 0.5) is 5.69 Å². The number of carbonyl (C=O) groups is 1. The molecule has 1 amide bonds. The van der Waals surface area contributed by atoms with Gasteiger partial charge in [-0.1, -0.05) is 25.0 Å². The van der Waals surface area contributed by atoms with Gasteiger partial charge in [0.15, 0.2) is 0 Å². The maximum atomic E-state index is 12.4. The molecule has 3 nitrogen and oxygen atoms in total. The summed E-state index contributed by atoms with van der Waals surface area (Å²) in [6.07, 6.45) is 6.85. The molecule has 104 valence electrons. The number of hydrogen-bond donors (Lipinski definition) is 2. The normalized spacial score (nSPS) is 23.1. The van der Waals surface area contributed by atoms with E-state index in [-0.39, 0.29) is 11.9 Å². The number of nitrogen functional groups attached to an aromatic ring is 1. The molecule has 1 aromatic rings. The fraction of sp³-hybridized carbons (Fsp3) is 0.533. The number of thioether (sulfide) groups is 1. The number of hydrogen-bond acceptors (Lipinski definition) is 3. The highest BCUT2D eigenvalue weighted by Crippen LogP contribution is 2.28. The average Bonchev–Trinajstić information content (AvgIpc) is 2.39. The monoisotopic (exact) mass is 278 g/mol. The van der Waals surface area contributed by atoms with E-state index in [1.54, 1.807) is 6.07 Å². The second kappa shape index (κ2) is 6.33. The zero-order chi connectivity index (χ0) is 13.8. The minimum Gasteiger partial charge on any atom is -0.398 e. The van der Waals surface area contributed by atoms with Crippen LogP contribution in [0.3, 0.4) is 0 Å². The molecule has 19 heavy (non-hydrogen) atoms. The van der Waals surface area contributed by atoms with Gasteiger partial charge in [0.1, 0.15) is 0 Å². The minimum absolute atomic E-state index is 0.0263. The molecule has 1 aliphatic carbocycles. The maximum absolute atomic E-state index is 12.4. The van der Waals surface area contributed by atoms with Crippen LogP contribution in [0.25, 0.3) is 0 Å². The molecule has 3 N–H and O–H groups in total. The minimum atomic E-state index is -0.0263. The van der Waals surface area contributed by atoms with Gasteiger partial charge >= 0.3 is 0 Å². The lowest BCUT2D eigenvalue weighted by atomic mass is 9.94. The summed E-state index contributed by atoms with van der Waals surface area (Å²) in [5.41, 5.74) is 8.06. The lowest BCUT2D eigenvalue weighted by molar-refractivity contribution is 0.0929. The molecule has 0 spiro atoms. The fourth-order valence-electron chi connectivity index (χ4n) is 2.79. The van der Waals surface area contributed by atoms with Gasteiger partial charge in [-0.2, -0.15) is 11.8 Å². The van der Waals surface area contributed by atoms with Gasteiger partial charge in [0.2, 0.25) is 0 Å². The molecule has 0 aliphatic heterocycles. The van der Waals surface area contributed by atoms with E-state index in [1.807, 2.05) is 30.8 Å². The summed E-state index contributed by atoms with van der Waals surface area (Å²) in [5.74, 6) is -0.0263. The third kappa shape index (κ3) is 3.24. The van der Waals surface area contributed by atoms with Gasteiger partial charge in [0, 0.05) is 17.0 Å². The molecular weight excluding hydrogens is 256 g/mol. The highest BCUT2D eigenvalue weighted by atomic mass is 32.2.